The number of benzene rings is 2. The molecule has 110 valence electrons. The molecule has 0 aromatic heterocycles. The summed E-state index contributed by atoms with van der Waals surface area (Å²) in [6, 6.07) is 17.4. The Balaban J connectivity index is 2.00. The lowest BCUT2D eigenvalue weighted by molar-refractivity contribution is -0.128. The molecule has 0 fully saturated rings. The van der Waals surface area contributed by atoms with Gasteiger partial charge in [0.1, 0.15) is 11.5 Å². The van der Waals surface area contributed by atoms with Gasteiger partial charge in [-0.3, -0.25) is 4.79 Å². The van der Waals surface area contributed by atoms with Crippen LogP contribution >= 0.6 is 0 Å². The van der Waals surface area contributed by atoms with Crippen LogP contribution in [-0.2, 0) is 11.3 Å². The number of amides is 1. The molecular weight excluding hydrogens is 262 g/mol. The summed E-state index contributed by atoms with van der Waals surface area (Å²) in [5.74, 6) is 1.61. The van der Waals surface area contributed by atoms with E-state index in [0.717, 1.165) is 17.1 Å². The summed E-state index contributed by atoms with van der Waals surface area (Å²) in [5, 5.41) is 2.94. The van der Waals surface area contributed by atoms with Gasteiger partial charge in [-0.2, -0.15) is 0 Å². The Morgan fingerprint density at radius 3 is 2.33 bits per heavy atom. The van der Waals surface area contributed by atoms with Gasteiger partial charge in [-0.15, -0.1) is 0 Å². The number of ether oxygens (including phenoxy) is 1. The van der Waals surface area contributed by atoms with Crippen molar-refractivity contribution >= 4 is 5.91 Å². The zero-order valence-electron chi connectivity index (χ0n) is 12.7. The predicted molar refractivity (Wildman–Crippen MR) is 84.3 cm³/mol. The van der Waals surface area contributed by atoms with Crippen molar-refractivity contribution in [1.29, 1.82) is 0 Å². The predicted octanol–water partition coefficient (Wildman–Crippen LogP) is 4.14. The molecule has 0 heterocycles. The van der Waals surface area contributed by atoms with Crippen LogP contribution in [0.15, 0.2) is 54.6 Å². The summed E-state index contributed by atoms with van der Waals surface area (Å²) in [4.78, 5) is 11.9. The Hall–Kier alpha value is -2.29. The lowest BCUT2D eigenvalue weighted by atomic mass is 9.95. The van der Waals surface area contributed by atoms with Crippen LogP contribution < -0.4 is 10.1 Å². The minimum atomic E-state index is -0.377. The van der Waals surface area contributed by atoms with E-state index >= 15 is 0 Å². The molecule has 0 spiro atoms. The van der Waals surface area contributed by atoms with E-state index in [4.69, 9.17) is 4.74 Å². The van der Waals surface area contributed by atoms with E-state index in [2.05, 4.69) is 5.32 Å². The molecule has 0 unspecified atom stereocenters. The molecule has 3 nitrogen and oxygen atoms in total. The molecular formula is C18H21NO2. The van der Waals surface area contributed by atoms with E-state index in [9.17, 15) is 4.79 Å². The molecule has 0 saturated heterocycles. The van der Waals surface area contributed by atoms with Crippen LogP contribution in [0, 0.1) is 5.41 Å². The largest absolute Gasteiger partial charge is 0.457 e. The van der Waals surface area contributed by atoms with Gasteiger partial charge in [0.25, 0.3) is 0 Å². The third kappa shape index (κ3) is 4.63. The van der Waals surface area contributed by atoms with Crippen molar-refractivity contribution in [3.8, 4) is 11.5 Å². The minimum absolute atomic E-state index is 0.0388. The molecule has 21 heavy (non-hydrogen) atoms. The Morgan fingerprint density at radius 1 is 1.00 bits per heavy atom. The first-order valence-electron chi connectivity index (χ1n) is 7.05. The summed E-state index contributed by atoms with van der Waals surface area (Å²) in [6.07, 6.45) is 0. The van der Waals surface area contributed by atoms with Crippen molar-refractivity contribution in [2.45, 2.75) is 27.3 Å². The van der Waals surface area contributed by atoms with Gasteiger partial charge in [0.05, 0.1) is 0 Å². The standard InChI is InChI=1S/C18H21NO2/c1-18(2,3)17(20)19-13-14-8-7-11-16(12-14)21-15-9-5-4-6-10-15/h4-12H,13H2,1-3H3,(H,19,20). The quantitative estimate of drug-likeness (QED) is 0.915. The number of carbonyl (C=O) groups is 1. The Morgan fingerprint density at radius 2 is 1.67 bits per heavy atom. The Kier molecular flexibility index (Phi) is 4.63. The number of carbonyl (C=O) groups excluding carboxylic acids is 1. The van der Waals surface area contributed by atoms with Gasteiger partial charge in [-0.1, -0.05) is 51.1 Å². The summed E-state index contributed by atoms with van der Waals surface area (Å²) < 4.78 is 5.78. The maximum Gasteiger partial charge on any atom is 0.225 e. The summed E-state index contributed by atoms with van der Waals surface area (Å²) in [6.45, 7) is 6.20. The van der Waals surface area contributed by atoms with Crippen molar-refractivity contribution in [2.75, 3.05) is 0 Å². The molecule has 0 atom stereocenters. The summed E-state index contributed by atoms with van der Waals surface area (Å²) in [5.41, 5.74) is 0.638. The second kappa shape index (κ2) is 6.44. The highest BCUT2D eigenvalue weighted by Gasteiger charge is 2.20. The molecule has 0 bridgehead atoms. The van der Waals surface area contributed by atoms with Crippen molar-refractivity contribution in [3.05, 3.63) is 60.2 Å². The second-order valence-corrected chi connectivity index (χ2v) is 6.00. The molecule has 1 N–H and O–H groups in total. The van der Waals surface area contributed by atoms with E-state index in [1.165, 1.54) is 0 Å². The fraction of sp³-hybridized carbons (Fsp3) is 0.278. The minimum Gasteiger partial charge on any atom is -0.457 e. The van der Waals surface area contributed by atoms with Crippen LogP contribution in [0.2, 0.25) is 0 Å². The highest BCUT2D eigenvalue weighted by atomic mass is 16.5. The zero-order valence-corrected chi connectivity index (χ0v) is 12.7. The fourth-order valence-electron chi connectivity index (χ4n) is 1.79. The lowest BCUT2D eigenvalue weighted by Gasteiger charge is -2.17. The average Bonchev–Trinajstić information content (AvgIpc) is 2.45. The van der Waals surface area contributed by atoms with Crippen molar-refractivity contribution in [1.82, 2.24) is 5.32 Å². The second-order valence-electron chi connectivity index (χ2n) is 6.00. The molecule has 0 aliphatic heterocycles. The van der Waals surface area contributed by atoms with Crippen LogP contribution in [0.5, 0.6) is 11.5 Å². The van der Waals surface area contributed by atoms with Gasteiger partial charge in [0.15, 0.2) is 0 Å². The Labute approximate surface area is 126 Å². The molecule has 2 rings (SSSR count). The smallest absolute Gasteiger partial charge is 0.225 e. The van der Waals surface area contributed by atoms with Crippen LogP contribution in [0.25, 0.3) is 0 Å². The SMILES string of the molecule is CC(C)(C)C(=O)NCc1cccc(Oc2ccccc2)c1. The van der Waals surface area contributed by atoms with Gasteiger partial charge in [0, 0.05) is 12.0 Å². The van der Waals surface area contributed by atoms with Gasteiger partial charge in [0.2, 0.25) is 5.91 Å². The third-order valence-corrected chi connectivity index (χ3v) is 3.01. The summed E-state index contributed by atoms with van der Waals surface area (Å²) >= 11 is 0. The van der Waals surface area contributed by atoms with Crippen LogP contribution in [0.4, 0.5) is 0 Å². The number of hydrogen-bond acceptors (Lipinski definition) is 2. The Bertz CT molecular complexity index is 600. The zero-order chi connectivity index (χ0) is 15.3. The van der Waals surface area contributed by atoms with Crippen LogP contribution in [-0.4, -0.2) is 5.91 Å². The van der Waals surface area contributed by atoms with E-state index in [0.29, 0.717) is 6.54 Å². The monoisotopic (exact) mass is 283 g/mol. The van der Waals surface area contributed by atoms with E-state index < -0.39 is 0 Å². The molecule has 0 radical (unpaired) electrons. The van der Waals surface area contributed by atoms with Crippen molar-refractivity contribution in [2.24, 2.45) is 5.41 Å². The number of rotatable bonds is 4. The lowest BCUT2D eigenvalue weighted by Crippen LogP contribution is -2.34. The van der Waals surface area contributed by atoms with Gasteiger partial charge in [-0.05, 0) is 29.8 Å². The maximum atomic E-state index is 11.9. The number of para-hydroxylation sites is 1. The van der Waals surface area contributed by atoms with Crippen LogP contribution in [0.3, 0.4) is 0 Å². The van der Waals surface area contributed by atoms with E-state index in [1.807, 2.05) is 75.4 Å². The van der Waals surface area contributed by atoms with Gasteiger partial charge >= 0.3 is 0 Å². The first kappa shape index (κ1) is 15.1. The molecule has 0 aliphatic carbocycles. The molecule has 3 heteroatoms. The number of nitrogens with one attached hydrogen (secondary N) is 1. The normalized spacial score (nSPS) is 11.0. The first-order valence-corrected chi connectivity index (χ1v) is 7.05. The summed E-state index contributed by atoms with van der Waals surface area (Å²) in [7, 11) is 0. The topological polar surface area (TPSA) is 38.3 Å². The maximum absolute atomic E-state index is 11.9. The molecule has 2 aromatic rings. The highest BCUT2D eigenvalue weighted by molar-refractivity contribution is 5.81. The average molecular weight is 283 g/mol. The van der Waals surface area contributed by atoms with Crippen molar-refractivity contribution in [3.63, 3.8) is 0 Å². The molecule has 1 amide bonds. The first-order chi connectivity index (χ1) is 9.95. The van der Waals surface area contributed by atoms with Gasteiger partial charge in [-0.25, -0.2) is 0 Å². The molecule has 2 aromatic carbocycles. The third-order valence-electron chi connectivity index (χ3n) is 3.01. The molecule has 0 saturated carbocycles. The fourth-order valence-corrected chi connectivity index (χ4v) is 1.79. The van der Waals surface area contributed by atoms with Gasteiger partial charge < -0.3 is 10.1 Å². The van der Waals surface area contributed by atoms with E-state index in [1.54, 1.807) is 0 Å². The molecule has 0 aliphatic rings. The van der Waals surface area contributed by atoms with Crippen molar-refractivity contribution < 1.29 is 9.53 Å². The van der Waals surface area contributed by atoms with E-state index in [-0.39, 0.29) is 11.3 Å². The van der Waals surface area contributed by atoms with Crippen LogP contribution in [0.1, 0.15) is 26.3 Å². The highest BCUT2D eigenvalue weighted by Crippen LogP contribution is 2.22. The number of hydrogen-bond donors (Lipinski definition) is 1.